The molecule has 1 fully saturated rings. The van der Waals surface area contributed by atoms with Gasteiger partial charge in [0, 0.05) is 16.7 Å². The topological polar surface area (TPSA) is 145 Å². The lowest BCUT2D eigenvalue weighted by Gasteiger charge is -2.09. The maximum absolute atomic E-state index is 15.0. The van der Waals surface area contributed by atoms with Crippen LogP contribution >= 0.6 is 0 Å². The zero-order chi connectivity index (χ0) is 35.4. The first-order valence-corrected chi connectivity index (χ1v) is 11.7. The summed E-state index contributed by atoms with van der Waals surface area (Å²) in [6.45, 7) is 0. The number of allylic oxidation sites excluding steroid dienone is 5. The number of rotatable bonds is 3. The van der Waals surface area contributed by atoms with E-state index in [-0.39, 0.29) is 0 Å². The zero-order valence-corrected chi connectivity index (χ0v) is 21.8. The molecule has 0 spiro atoms. The Morgan fingerprint density at radius 2 is 0.596 bits per heavy atom. The van der Waals surface area contributed by atoms with Crippen molar-refractivity contribution in [3.05, 3.63) is 120 Å². The molecule has 3 aromatic carbocycles. The van der Waals surface area contributed by atoms with Crippen molar-refractivity contribution in [2.24, 2.45) is 5.73 Å². The first-order chi connectivity index (χ1) is 22.1. The van der Waals surface area contributed by atoms with E-state index < -0.39 is 137 Å². The van der Waals surface area contributed by atoms with Gasteiger partial charge >= 0.3 is 0 Å². The minimum absolute atomic E-state index is 0.780. The van der Waals surface area contributed by atoms with Gasteiger partial charge in [0.1, 0.15) is 47.0 Å². The van der Waals surface area contributed by atoms with Crippen LogP contribution in [0.2, 0.25) is 0 Å². The quantitative estimate of drug-likeness (QED) is 0.190. The fraction of sp³-hybridized carbons (Fsp3) is 0. The summed E-state index contributed by atoms with van der Waals surface area (Å²) in [5.74, 6) is -29.3. The molecule has 2 N–H and O–H groups in total. The third-order valence-corrected chi connectivity index (χ3v) is 6.58. The van der Waals surface area contributed by atoms with Crippen LogP contribution in [0, 0.1) is 126 Å². The largest absolute Gasteiger partial charge is 0.398 e. The summed E-state index contributed by atoms with van der Waals surface area (Å²) >= 11 is 0. The highest BCUT2D eigenvalue weighted by Crippen LogP contribution is 2.56. The SMILES string of the molecule is N#C/C(=C1\C(=C(N)c2c(F)c(F)c(C#N)c(F)c2F)\C1=C(\C#N)c1c(F)c(F)c(C#N)c(F)c1F)c1c(F)c(F)c(C#N)c(F)c1F. The van der Waals surface area contributed by atoms with Crippen LogP contribution in [0.1, 0.15) is 33.4 Å². The molecule has 0 saturated heterocycles. The lowest BCUT2D eigenvalue weighted by Crippen LogP contribution is -2.10. The highest BCUT2D eigenvalue weighted by molar-refractivity contribution is 6.10. The van der Waals surface area contributed by atoms with Gasteiger partial charge in [-0.05, 0) is 0 Å². The number of hydrogen-bond acceptors (Lipinski definition) is 6. The Hall–Kier alpha value is -6.71. The van der Waals surface area contributed by atoms with Crippen molar-refractivity contribution in [1.82, 2.24) is 0 Å². The average Bonchev–Trinajstić information content (AvgIpc) is 3.77. The van der Waals surface area contributed by atoms with Gasteiger partial charge in [-0.25, -0.2) is 52.7 Å². The van der Waals surface area contributed by atoms with Gasteiger partial charge in [-0.3, -0.25) is 0 Å². The fourth-order valence-electron chi connectivity index (χ4n) is 4.42. The second kappa shape index (κ2) is 11.7. The molecule has 6 nitrogen and oxygen atoms in total. The highest BCUT2D eigenvalue weighted by atomic mass is 19.2. The van der Waals surface area contributed by atoms with Gasteiger partial charge in [-0.15, -0.1) is 0 Å². The Labute approximate surface area is 252 Å². The summed E-state index contributed by atoms with van der Waals surface area (Å²) in [7, 11) is 0. The van der Waals surface area contributed by atoms with Crippen LogP contribution in [0.25, 0.3) is 16.8 Å². The van der Waals surface area contributed by atoms with E-state index in [2.05, 4.69) is 0 Å². The van der Waals surface area contributed by atoms with Gasteiger partial charge < -0.3 is 5.73 Å². The van der Waals surface area contributed by atoms with Crippen LogP contribution in [-0.2, 0) is 0 Å². The number of hydrogen-bond donors (Lipinski definition) is 1. The van der Waals surface area contributed by atoms with Gasteiger partial charge in [-0.1, -0.05) is 0 Å². The molecule has 18 heteroatoms. The smallest absolute Gasteiger partial charge is 0.180 e. The Kier molecular flexibility index (Phi) is 8.23. The van der Waals surface area contributed by atoms with Gasteiger partial charge in [0.05, 0.1) is 33.5 Å². The minimum Gasteiger partial charge on any atom is -0.398 e. The number of nitrogens with two attached hydrogens (primary N) is 1. The maximum Gasteiger partial charge on any atom is 0.180 e. The predicted octanol–water partition coefficient (Wildman–Crippen LogP) is 6.61. The Bertz CT molecular complexity index is 2130. The first kappa shape index (κ1) is 33.2. The summed E-state index contributed by atoms with van der Waals surface area (Å²) in [6, 6.07) is 4.32. The molecule has 1 saturated carbocycles. The minimum atomic E-state index is -2.49. The molecule has 0 bridgehead atoms. The van der Waals surface area contributed by atoms with E-state index in [1.807, 2.05) is 0 Å². The molecule has 0 unspecified atom stereocenters. The monoisotopic (exact) mass is 662 g/mol. The van der Waals surface area contributed by atoms with Gasteiger partial charge in [0.15, 0.2) is 69.8 Å². The molecule has 0 radical (unpaired) electrons. The third-order valence-electron chi connectivity index (χ3n) is 6.58. The molecule has 0 amide bonds. The summed E-state index contributed by atoms with van der Waals surface area (Å²) in [5.41, 5.74) is -15.0. The van der Waals surface area contributed by atoms with Crippen molar-refractivity contribution in [3.63, 3.8) is 0 Å². The van der Waals surface area contributed by atoms with Crippen molar-refractivity contribution in [3.8, 4) is 30.3 Å². The highest BCUT2D eigenvalue weighted by Gasteiger charge is 2.45. The van der Waals surface area contributed by atoms with E-state index in [0.717, 1.165) is 30.3 Å². The van der Waals surface area contributed by atoms with Crippen molar-refractivity contribution in [2.45, 2.75) is 0 Å². The molecule has 1 aliphatic carbocycles. The fourth-order valence-corrected chi connectivity index (χ4v) is 4.42. The van der Waals surface area contributed by atoms with Crippen LogP contribution in [-0.4, -0.2) is 0 Å². The van der Waals surface area contributed by atoms with E-state index in [1.54, 1.807) is 0 Å². The Morgan fingerprint density at radius 3 is 0.809 bits per heavy atom. The predicted molar refractivity (Wildman–Crippen MR) is 129 cm³/mol. The molecule has 0 aliphatic heterocycles. The standard InChI is InChI=1S/C29H2F12N6/c30-17-8(3-44)18(31)24(37)13(23(17)36)6(1-42)11-12(7(2-43)14-25(38)19(32)9(4-45)20(33)26(14)39)15(11)29(47)16-27(40)21(34)10(5-46)22(35)28(16)41/h47H2/b11-6-,12-7+,29-15?. The summed E-state index contributed by atoms with van der Waals surface area (Å²) in [4.78, 5) is 0. The molecule has 4 rings (SSSR count). The third kappa shape index (κ3) is 4.57. The Morgan fingerprint density at radius 1 is 0.362 bits per heavy atom. The van der Waals surface area contributed by atoms with Crippen LogP contribution in [0.3, 0.4) is 0 Å². The van der Waals surface area contributed by atoms with Crippen LogP contribution in [0.15, 0.2) is 16.7 Å². The second-order valence-electron chi connectivity index (χ2n) is 8.87. The average molecular weight is 662 g/mol. The zero-order valence-electron chi connectivity index (χ0n) is 21.8. The van der Waals surface area contributed by atoms with Crippen LogP contribution < -0.4 is 5.73 Å². The number of nitriles is 5. The van der Waals surface area contributed by atoms with E-state index in [1.165, 1.54) is 0 Å². The lowest BCUT2D eigenvalue weighted by molar-refractivity contribution is 0.446. The number of nitrogens with zero attached hydrogens (tertiary/aromatic N) is 5. The second-order valence-corrected chi connectivity index (χ2v) is 8.87. The summed E-state index contributed by atoms with van der Waals surface area (Å²) < 4.78 is 177. The van der Waals surface area contributed by atoms with Crippen LogP contribution in [0.5, 0.6) is 0 Å². The molecule has 232 valence electrons. The number of halogens is 12. The summed E-state index contributed by atoms with van der Waals surface area (Å²) in [6.07, 6.45) is 0. The van der Waals surface area contributed by atoms with Crippen molar-refractivity contribution in [2.75, 3.05) is 0 Å². The van der Waals surface area contributed by atoms with Gasteiger partial charge in [0.25, 0.3) is 0 Å². The van der Waals surface area contributed by atoms with Gasteiger partial charge in [0.2, 0.25) is 0 Å². The normalized spacial score (nSPS) is 15.1. The molecular weight excluding hydrogens is 660 g/mol. The van der Waals surface area contributed by atoms with Crippen molar-refractivity contribution >= 4 is 16.8 Å². The molecule has 47 heavy (non-hydrogen) atoms. The van der Waals surface area contributed by atoms with E-state index in [9.17, 15) is 63.2 Å². The molecular formula is C29H2F12N6. The van der Waals surface area contributed by atoms with Gasteiger partial charge in [-0.2, -0.15) is 26.3 Å². The molecule has 1 aliphatic rings. The molecule has 0 aromatic heterocycles. The van der Waals surface area contributed by atoms with Crippen molar-refractivity contribution in [1.29, 1.82) is 26.3 Å². The first-order valence-electron chi connectivity index (χ1n) is 11.7. The molecule has 0 heterocycles. The summed E-state index contributed by atoms with van der Waals surface area (Å²) in [5, 5.41) is 46.0. The van der Waals surface area contributed by atoms with E-state index in [0.29, 0.717) is 0 Å². The number of benzene rings is 3. The van der Waals surface area contributed by atoms with Crippen molar-refractivity contribution < 1.29 is 52.7 Å². The Balaban J connectivity index is 2.33. The van der Waals surface area contributed by atoms with E-state index in [4.69, 9.17) is 21.5 Å². The van der Waals surface area contributed by atoms with Crippen LogP contribution in [0.4, 0.5) is 52.7 Å². The molecule has 3 aromatic rings. The van der Waals surface area contributed by atoms with E-state index >= 15 is 0 Å². The molecule has 0 atom stereocenters. The maximum atomic E-state index is 15.0. The lowest BCUT2D eigenvalue weighted by atomic mass is 9.99.